The molecule has 0 atom stereocenters. The molecule has 25 heavy (non-hydrogen) atoms. The van der Waals surface area contributed by atoms with E-state index in [1.54, 1.807) is 6.92 Å². The molecule has 2 rings (SSSR count). The van der Waals surface area contributed by atoms with Crippen LogP contribution in [0.5, 0.6) is 5.75 Å². The lowest BCUT2D eigenvalue weighted by Gasteiger charge is -2.13. The third-order valence-corrected chi connectivity index (χ3v) is 3.06. The molecule has 1 aromatic carbocycles. The van der Waals surface area contributed by atoms with Crippen LogP contribution in [-0.4, -0.2) is 42.1 Å². The van der Waals surface area contributed by atoms with Crippen LogP contribution in [0.25, 0.3) is 0 Å². The Morgan fingerprint density at radius 3 is 2.72 bits per heavy atom. The van der Waals surface area contributed by atoms with Gasteiger partial charge < -0.3 is 18.9 Å². The molecule has 1 heterocycles. The molecule has 0 fully saturated rings. The second-order valence-electron chi connectivity index (χ2n) is 5.01. The highest BCUT2D eigenvalue weighted by Gasteiger charge is 2.20. The van der Waals surface area contributed by atoms with E-state index < -0.39 is 23.5 Å². The maximum absolute atomic E-state index is 13.5. The monoisotopic (exact) mass is 354 g/mol. The summed E-state index contributed by atoms with van der Waals surface area (Å²) in [6, 6.07) is 4.19. The summed E-state index contributed by atoms with van der Waals surface area (Å²) in [5.41, 5.74) is -0.0371. The second-order valence-corrected chi connectivity index (χ2v) is 5.01. The fourth-order valence-electron chi connectivity index (χ4n) is 1.89. The summed E-state index contributed by atoms with van der Waals surface area (Å²) < 4.78 is 41.1. The molecule has 2 aromatic rings. The van der Waals surface area contributed by atoms with E-state index in [4.69, 9.17) is 14.0 Å². The Bertz CT molecular complexity index is 763. The number of nitrogens with zero attached hydrogens (tertiary/aromatic N) is 2. The maximum atomic E-state index is 13.5. The fourth-order valence-corrected chi connectivity index (χ4v) is 1.89. The third-order valence-electron chi connectivity index (χ3n) is 3.06. The van der Waals surface area contributed by atoms with E-state index in [2.05, 4.69) is 5.16 Å². The van der Waals surface area contributed by atoms with Crippen LogP contribution in [0.15, 0.2) is 28.8 Å². The van der Waals surface area contributed by atoms with Gasteiger partial charge in [0, 0.05) is 19.2 Å². The summed E-state index contributed by atoms with van der Waals surface area (Å²) >= 11 is 0. The fraction of sp³-hybridized carbons (Fsp3) is 0.312. The van der Waals surface area contributed by atoms with E-state index in [9.17, 15) is 18.4 Å². The summed E-state index contributed by atoms with van der Waals surface area (Å²) in [5.74, 6) is -2.66. The largest absolute Gasteiger partial charge is 0.482 e. The number of likely N-dealkylation sites (N-methyl/N-ethyl adjacent to an activating group) is 1. The summed E-state index contributed by atoms with van der Waals surface area (Å²) in [5, 5.41) is 3.59. The van der Waals surface area contributed by atoms with E-state index >= 15 is 0 Å². The van der Waals surface area contributed by atoms with Crippen LogP contribution in [0.2, 0.25) is 0 Å². The van der Waals surface area contributed by atoms with Gasteiger partial charge in [-0.05, 0) is 19.1 Å². The van der Waals surface area contributed by atoms with Crippen molar-refractivity contribution >= 4 is 11.9 Å². The van der Waals surface area contributed by atoms with Gasteiger partial charge in [-0.3, -0.25) is 9.59 Å². The SMILES string of the molecule is CCOC(=O)CN(C)C(=O)c1cc(COc2ccc(F)cc2F)on1. The first-order valence-corrected chi connectivity index (χ1v) is 7.35. The Morgan fingerprint density at radius 2 is 2.04 bits per heavy atom. The topological polar surface area (TPSA) is 81.9 Å². The van der Waals surface area contributed by atoms with Gasteiger partial charge in [0.25, 0.3) is 5.91 Å². The number of carbonyl (C=O) groups excluding carboxylic acids is 2. The molecule has 0 unspecified atom stereocenters. The van der Waals surface area contributed by atoms with Gasteiger partial charge in [0.05, 0.1) is 6.61 Å². The van der Waals surface area contributed by atoms with Crippen LogP contribution in [0, 0.1) is 11.6 Å². The van der Waals surface area contributed by atoms with Crippen molar-refractivity contribution in [3.63, 3.8) is 0 Å². The van der Waals surface area contributed by atoms with Crippen LogP contribution in [0.1, 0.15) is 23.2 Å². The highest BCUT2D eigenvalue weighted by molar-refractivity contribution is 5.94. The highest BCUT2D eigenvalue weighted by Crippen LogP contribution is 2.19. The molecule has 1 aromatic heterocycles. The molecule has 0 aliphatic heterocycles. The summed E-state index contributed by atoms with van der Waals surface area (Å²) in [4.78, 5) is 24.6. The van der Waals surface area contributed by atoms with Gasteiger partial charge in [0.15, 0.2) is 23.0 Å². The van der Waals surface area contributed by atoms with Gasteiger partial charge in [0.1, 0.15) is 19.0 Å². The molecule has 9 heteroatoms. The number of esters is 1. The highest BCUT2D eigenvalue weighted by atomic mass is 19.1. The molecule has 0 aliphatic rings. The van der Waals surface area contributed by atoms with Crippen molar-refractivity contribution in [3.05, 3.63) is 47.4 Å². The maximum Gasteiger partial charge on any atom is 0.325 e. The molecule has 0 spiro atoms. The lowest BCUT2D eigenvalue weighted by atomic mass is 10.3. The van der Waals surface area contributed by atoms with Crippen molar-refractivity contribution < 1.29 is 32.4 Å². The summed E-state index contributed by atoms with van der Waals surface area (Å²) in [6.07, 6.45) is 0. The molecule has 134 valence electrons. The van der Waals surface area contributed by atoms with Gasteiger partial charge >= 0.3 is 5.97 Å². The molecule has 0 N–H and O–H groups in total. The van der Waals surface area contributed by atoms with Crippen LogP contribution >= 0.6 is 0 Å². The number of rotatable bonds is 7. The van der Waals surface area contributed by atoms with E-state index in [-0.39, 0.29) is 37.0 Å². The molecule has 0 aliphatic carbocycles. The van der Waals surface area contributed by atoms with E-state index in [0.717, 1.165) is 17.0 Å². The Hall–Kier alpha value is -2.97. The first-order chi connectivity index (χ1) is 11.9. The molecule has 0 radical (unpaired) electrons. The number of ether oxygens (including phenoxy) is 2. The predicted molar refractivity (Wildman–Crippen MR) is 80.8 cm³/mol. The van der Waals surface area contributed by atoms with Crippen molar-refractivity contribution in [2.24, 2.45) is 0 Å². The van der Waals surface area contributed by atoms with E-state index in [1.807, 2.05) is 0 Å². The number of aromatic nitrogens is 1. The van der Waals surface area contributed by atoms with Crippen molar-refractivity contribution in [2.75, 3.05) is 20.2 Å². The number of amides is 1. The third kappa shape index (κ3) is 5.00. The molecule has 1 amide bonds. The van der Waals surface area contributed by atoms with E-state index in [1.165, 1.54) is 13.1 Å². The number of hydrogen-bond acceptors (Lipinski definition) is 6. The first kappa shape index (κ1) is 18.4. The minimum absolute atomic E-state index is 0.0371. The van der Waals surface area contributed by atoms with Crippen molar-refractivity contribution in [1.82, 2.24) is 10.1 Å². The van der Waals surface area contributed by atoms with Crippen molar-refractivity contribution in [3.8, 4) is 5.75 Å². The Kier molecular flexibility index (Phi) is 6.04. The van der Waals surface area contributed by atoms with Crippen molar-refractivity contribution in [1.29, 1.82) is 0 Å². The minimum Gasteiger partial charge on any atom is -0.482 e. The van der Waals surface area contributed by atoms with Gasteiger partial charge in [0.2, 0.25) is 0 Å². The smallest absolute Gasteiger partial charge is 0.325 e. The number of benzene rings is 1. The number of hydrogen-bond donors (Lipinski definition) is 0. The molecular weight excluding hydrogens is 338 g/mol. The predicted octanol–water partition coefficient (Wildman–Crippen LogP) is 2.17. The molecule has 0 saturated heterocycles. The Morgan fingerprint density at radius 1 is 1.28 bits per heavy atom. The van der Waals surface area contributed by atoms with Crippen LogP contribution in [-0.2, 0) is 16.1 Å². The molecule has 0 saturated carbocycles. The van der Waals surface area contributed by atoms with E-state index in [0.29, 0.717) is 6.07 Å². The van der Waals surface area contributed by atoms with Gasteiger partial charge in [-0.1, -0.05) is 5.16 Å². The minimum atomic E-state index is -0.856. The molecular formula is C16H16F2N2O5. The average molecular weight is 354 g/mol. The zero-order valence-electron chi connectivity index (χ0n) is 13.6. The lowest BCUT2D eigenvalue weighted by molar-refractivity contribution is -0.143. The van der Waals surface area contributed by atoms with Crippen LogP contribution in [0.4, 0.5) is 8.78 Å². The zero-order chi connectivity index (χ0) is 18.4. The van der Waals surface area contributed by atoms with Crippen LogP contribution < -0.4 is 4.74 Å². The van der Waals surface area contributed by atoms with Gasteiger partial charge in [-0.2, -0.15) is 0 Å². The first-order valence-electron chi connectivity index (χ1n) is 7.35. The molecule has 0 bridgehead atoms. The Balaban J connectivity index is 1.94. The Labute approximate surface area is 142 Å². The van der Waals surface area contributed by atoms with Gasteiger partial charge in [-0.25, -0.2) is 8.78 Å². The molecule has 7 nitrogen and oxygen atoms in total. The van der Waals surface area contributed by atoms with Gasteiger partial charge in [-0.15, -0.1) is 0 Å². The number of carbonyl (C=O) groups is 2. The van der Waals surface area contributed by atoms with Crippen LogP contribution in [0.3, 0.4) is 0 Å². The lowest BCUT2D eigenvalue weighted by Crippen LogP contribution is -2.33. The summed E-state index contributed by atoms with van der Waals surface area (Å²) in [6.45, 7) is 1.44. The standard InChI is InChI=1S/C16H16F2N2O5/c1-3-23-15(21)8-20(2)16(22)13-7-11(25-19-13)9-24-14-5-4-10(17)6-12(14)18/h4-7H,3,8-9H2,1-2H3. The number of halogens is 2. The summed E-state index contributed by atoms with van der Waals surface area (Å²) in [7, 11) is 1.41. The normalized spacial score (nSPS) is 10.4. The second kappa shape index (κ2) is 8.22. The van der Waals surface area contributed by atoms with Crippen molar-refractivity contribution in [2.45, 2.75) is 13.5 Å². The average Bonchev–Trinajstić information content (AvgIpc) is 3.02. The quantitative estimate of drug-likeness (QED) is 0.709. The zero-order valence-corrected chi connectivity index (χ0v) is 13.6.